The fraction of sp³-hybridized carbons (Fsp3) is 0.833. The lowest BCUT2D eigenvalue weighted by Gasteiger charge is -2.28. The molecule has 2 fully saturated rings. The molecule has 2 aliphatic carbocycles. The van der Waals surface area contributed by atoms with Gasteiger partial charge in [0.15, 0.2) is 5.17 Å². The van der Waals surface area contributed by atoms with Gasteiger partial charge < -0.3 is 4.90 Å². The van der Waals surface area contributed by atoms with Crippen LogP contribution in [0, 0.1) is 29.2 Å². The van der Waals surface area contributed by atoms with Crippen molar-refractivity contribution in [2.45, 2.75) is 25.7 Å². The highest BCUT2D eigenvalue weighted by molar-refractivity contribution is 8.13. The molecule has 0 N–H and O–H groups in total. The number of nitriles is 1. The Balaban J connectivity index is 1.90. The molecule has 88 valence electrons. The van der Waals surface area contributed by atoms with Gasteiger partial charge in [-0.25, -0.2) is 0 Å². The van der Waals surface area contributed by atoms with Crippen LogP contribution in [0.15, 0.2) is 4.99 Å². The average Bonchev–Trinajstić information content (AvgIpc) is 2.87. The molecule has 0 aliphatic heterocycles. The van der Waals surface area contributed by atoms with Gasteiger partial charge in [-0.2, -0.15) is 5.26 Å². The van der Waals surface area contributed by atoms with E-state index in [1.165, 1.54) is 25.7 Å². The second-order valence-corrected chi connectivity index (χ2v) is 5.79. The van der Waals surface area contributed by atoms with Crippen LogP contribution in [-0.4, -0.2) is 29.9 Å². The lowest BCUT2D eigenvalue weighted by Crippen LogP contribution is -2.32. The molecule has 16 heavy (non-hydrogen) atoms. The van der Waals surface area contributed by atoms with Crippen LogP contribution in [0.2, 0.25) is 0 Å². The first-order valence-electron chi connectivity index (χ1n) is 5.96. The quantitative estimate of drug-likeness (QED) is 0.421. The summed E-state index contributed by atoms with van der Waals surface area (Å²) in [5.74, 6) is 2.77. The van der Waals surface area contributed by atoms with Gasteiger partial charge in [0.05, 0.1) is 0 Å². The number of hydrogen-bond acceptors (Lipinski definition) is 3. The summed E-state index contributed by atoms with van der Waals surface area (Å²) in [4.78, 5) is 6.01. The second-order valence-electron chi connectivity index (χ2n) is 5.01. The van der Waals surface area contributed by atoms with Crippen molar-refractivity contribution in [3.63, 3.8) is 0 Å². The zero-order valence-electron chi connectivity index (χ0n) is 10.0. The Morgan fingerprint density at radius 2 is 2.31 bits per heavy atom. The van der Waals surface area contributed by atoms with E-state index >= 15 is 0 Å². The van der Waals surface area contributed by atoms with Gasteiger partial charge in [-0.15, -0.1) is 4.99 Å². The van der Waals surface area contributed by atoms with Crippen molar-refractivity contribution >= 4 is 16.9 Å². The normalized spacial score (nSPS) is 32.8. The van der Waals surface area contributed by atoms with Gasteiger partial charge in [-0.1, -0.05) is 18.2 Å². The van der Waals surface area contributed by atoms with E-state index in [-0.39, 0.29) is 0 Å². The maximum Gasteiger partial charge on any atom is 0.208 e. The van der Waals surface area contributed by atoms with E-state index < -0.39 is 0 Å². The third-order valence-electron chi connectivity index (χ3n) is 4.05. The number of thioether (sulfide) groups is 1. The van der Waals surface area contributed by atoms with Crippen molar-refractivity contribution in [1.29, 1.82) is 5.26 Å². The minimum Gasteiger partial charge on any atom is -0.353 e. The highest BCUT2D eigenvalue weighted by Crippen LogP contribution is 2.48. The predicted molar refractivity (Wildman–Crippen MR) is 68.1 cm³/mol. The lowest BCUT2D eigenvalue weighted by atomic mass is 9.88. The van der Waals surface area contributed by atoms with Crippen LogP contribution < -0.4 is 0 Å². The minimum absolute atomic E-state index is 0.833. The van der Waals surface area contributed by atoms with E-state index in [0.717, 1.165) is 29.5 Å². The molecular formula is C12H19N3S. The number of nitrogens with zero attached hydrogens (tertiary/aromatic N) is 3. The van der Waals surface area contributed by atoms with Crippen LogP contribution in [0.25, 0.3) is 0 Å². The zero-order chi connectivity index (χ0) is 11.5. The topological polar surface area (TPSA) is 39.4 Å². The van der Waals surface area contributed by atoms with E-state index in [1.807, 2.05) is 12.4 Å². The first-order chi connectivity index (χ1) is 7.74. The van der Waals surface area contributed by atoms with E-state index in [9.17, 15) is 0 Å². The van der Waals surface area contributed by atoms with Gasteiger partial charge in [0.2, 0.25) is 6.19 Å². The van der Waals surface area contributed by atoms with Crippen molar-refractivity contribution in [1.82, 2.24) is 4.90 Å². The van der Waals surface area contributed by atoms with Crippen molar-refractivity contribution in [2.24, 2.45) is 22.7 Å². The van der Waals surface area contributed by atoms with Crippen LogP contribution >= 0.6 is 11.8 Å². The second kappa shape index (κ2) is 5.09. The molecule has 4 heteroatoms. The molecule has 0 amide bonds. The van der Waals surface area contributed by atoms with Crippen LogP contribution in [0.5, 0.6) is 0 Å². The van der Waals surface area contributed by atoms with Gasteiger partial charge in [0.25, 0.3) is 0 Å². The molecule has 3 unspecified atom stereocenters. The summed E-state index contributed by atoms with van der Waals surface area (Å²) in [5, 5.41) is 9.46. The Morgan fingerprint density at radius 3 is 2.81 bits per heavy atom. The van der Waals surface area contributed by atoms with Gasteiger partial charge in [0, 0.05) is 13.6 Å². The maximum atomic E-state index is 8.61. The molecule has 0 aromatic carbocycles. The summed E-state index contributed by atoms with van der Waals surface area (Å²) in [6.07, 6.45) is 9.58. The highest BCUT2D eigenvalue weighted by Gasteiger charge is 2.39. The van der Waals surface area contributed by atoms with Gasteiger partial charge in [-0.3, -0.25) is 0 Å². The molecule has 0 heterocycles. The Hall–Kier alpha value is -0.690. The number of hydrogen-bond donors (Lipinski definition) is 0. The van der Waals surface area contributed by atoms with E-state index in [4.69, 9.17) is 5.26 Å². The van der Waals surface area contributed by atoms with Gasteiger partial charge >= 0.3 is 0 Å². The summed E-state index contributed by atoms with van der Waals surface area (Å²) in [7, 11) is 2.05. The number of aliphatic imine (C=N–C) groups is 1. The van der Waals surface area contributed by atoms with Crippen molar-refractivity contribution in [3.05, 3.63) is 0 Å². The SMILES string of the molecule is CSC(=NC#N)N(C)CC1CC2CCC1C2. The first kappa shape index (κ1) is 11.8. The van der Waals surface area contributed by atoms with E-state index in [2.05, 4.69) is 16.9 Å². The summed E-state index contributed by atoms with van der Waals surface area (Å²) in [6.45, 7) is 1.07. The lowest BCUT2D eigenvalue weighted by molar-refractivity contribution is 0.278. The fourth-order valence-electron chi connectivity index (χ4n) is 3.36. The molecule has 2 bridgehead atoms. The molecule has 0 saturated heterocycles. The van der Waals surface area contributed by atoms with Crippen LogP contribution in [-0.2, 0) is 0 Å². The third-order valence-corrected chi connectivity index (χ3v) is 4.82. The minimum atomic E-state index is 0.833. The molecule has 0 aromatic rings. The average molecular weight is 237 g/mol. The monoisotopic (exact) mass is 237 g/mol. The van der Waals surface area contributed by atoms with Crippen LogP contribution in [0.1, 0.15) is 25.7 Å². The first-order valence-corrected chi connectivity index (χ1v) is 7.19. The fourth-order valence-corrected chi connectivity index (χ4v) is 3.88. The number of fused-ring (bicyclic) bond motifs is 2. The maximum absolute atomic E-state index is 8.61. The molecular weight excluding hydrogens is 218 g/mol. The molecule has 3 atom stereocenters. The number of amidine groups is 1. The summed E-state index contributed by atoms with van der Waals surface area (Å²) < 4.78 is 0. The zero-order valence-corrected chi connectivity index (χ0v) is 10.8. The summed E-state index contributed by atoms with van der Waals surface area (Å²) >= 11 is 1.56. The van der Waals surface area contributed by atoms with E-state index in [0.29, 0.717) is 0 Å². The van der Waals surface area contributed by atoms with Crippen molar-refractivity contribution < 1.29 is 0 Å². The molecule has 2 rings (SSSR count). The Labute approximate surface area is 102 Å². The van der Waals surface area contributed by atoms with Crippen molar-refractivity contribution in [2.75, 3.05) is 19.8 Å². The van der Waals surface area contributed by atoms with Gasteiger partial charge in [-0.05, 0) is 43.3 Å². The molecule has 0 aromatic heterocycles. The molecule has 2 saturated carbocycles. The smallest absolute Gasteiger partial charge is 0.208 e. The van der Waals surface area contributed by atoms with E-state index in [1.54, 1.807) is 11.8 Å². The standard InChI is InChI=1S/C12H19N3S/c1-15(12(16-2)14-8-13)7-11-6-9-3-4-10(11)5-9/h9-11H,3-7H2,1-2H3. The molecule has 0 radical (unpaired) electrons. The van der Waals surface area contributed by atoms with Crippen LogP contribution in [0.4, 0.5) is 0 Å². The molecule has 2 aliphatic rings. The number of rotatable bonds is 2. The Bertz CT molecular complexity index is 321. The summed E-state index contributed by atoms with van der Waals surface area (Å²) in [5.41, 5.74) is 0. The molecule has 0 spiro atoms. The highest BCUT2D eigenvalue weighted by atomic mass is 32.2. The van der Waals surface area contributed by atoms with Gasteiger partial charge in [0.1, 0.15) is 0 Å². The molecule has 3 nitrogen and oxygen atoms in total. The van der Waals surface area contributed by atoms with Crippen LogP contribution in [0.3, 0.4) is 0 Å². The Morgan fingerprint density at radius 1 is 1.50 bits per heavy atom. The predicted octanol–water partition coefficient (Wildman–Crippen LogP) is 2.55. The Kier molecular flexibility index (Phi) is 3.75. The largest absolute Gasteiger partial charge is 0.353 e. The third kappa shape index (κ3) is 2.35. The van der Waals surface area contributed by atoms with Crippen molar-refractivity contribution in [3.8, 4) is 6.19 Å². The summed E-state index contributed by atoms with van der Waals surface area (Å²) in [6, 6.07) is 0.